The third kappa shape index (κ3) is 2.87. The molecule has 4 heteroatoms. The van der Waals surface area contributed by atoms with Gasteiger partial charge >= 0.3 is 0 Å². The number of piperazine rings is 1. The highest BCUT2D eigenvalue weighted by atomic mass is 79.9. The van der Waals surface area contributed by atoms with Crippen LogP contribution in [0.3, 0.4) is 0 Å². The van der Waals surface area contributed by atoms with E-state index in [0.717, 1.165) is 32.7 Å². The lowest BCUT2D eigenvalue weighted by Crippen LogP contribution is -2.47. The van der Waals surface area contributed by atoms with E-state index >= 15 is 0 Å². The predicted octanol–water partition coefficient (Wildman–Crippen LogP) is 2.05. The van der Waals surface area contributed by atoms with Gasteiger partial charge in [0.05, 0.1) is 6.61 Å². The van der Waals surface area contributed by atoms with Gasteiger partial charge in [0.15, 0.2) is 0 Å². The Morgan fingerprint density at radius 1 is 1.21 bits per heavy atom. The summed E-state index contributed by atoms with van der Waals surface area (Å²) in [6, 6.07) is 7.34. The van der Waals surface area contributed by atoms with Crippen molar-refractivity contribution in [3.8, 4) is 0 Å². The number of aliphatic hydroxyl groups excluding tert-OH is 1. The van der Waals surface area contributed by atoms with Gasteiger partial charge in [0.25, 0.3) is 0 Å². The average Bonchev–Trinajstić information content (AvgIpc) is 2.83. The first kappa shape index (κ1) is 13.6. The lowest BCUT2D eigenvalue weighted by Gasteiger charge is -2.38. The molecular formula is C15H21BrN2O. The van der Waals surface area contributed by atoms with Crippen LogP contribution in [0.15, 0.2) is 22.7 Å². The van der Waals surface area contributed by atoms with Crippen LogP contribution in [0, 0.1) is 0 Å². The van der Waals surface area contributed by atoms with E-state index in [-0.39, 0.29) is 6.61 Å². The maximum Gasteiger partial charge on any atom is 0.0558 e. The first-order valence-corrected chi connectivity index (χ1v) is 7.93. The molecule has 0 bridgehead atoms. The van der Waals surface area contributed by atoms with E-state index in [2.05, 4.69) is 43.9 Å². The quantitative estimate of drug-likeness (QED) is 0.921. The zero-order chi connectivity index (χ0) is 13.2. The van der Waals surface area contributed by atoms with Crippen molar-refractivity contribution in [3.05, 3.63) is 33.8 Å². The van der Waals surface area contributed by atoms with Crippen molar-refractivity contribution in [2.24, 2.45) is 0 Å². The Bertz CT molecular complexity index is 444. The van der Waals surface area contributed by atoms with Crippen LogP contribution in [0.25, 0.3) is 0 Å². The maximum absolute atomic E-state index is 8.99. The van der Waals surface area contributed by atoms with Gasteiger partial charge in [-0.25, -0.2) is 0 Å². The zero-order valence-electron chi connectivity index (χ0n) is 11.2. The standard InChI is InChI=1S/C15H21BrN2O/c16-13-2-3-14-12(11-13)1-4-15(14)18-7-5-17(6-8-18)9-10-19/h2-3,11,15,19H,1,4-10H2/t15-/m1/s1. The summed E-state index contributed by atoms with van der Waals surface area (Å²) in [5, 5.41) is 8.99. The normalized spacial score (nSPS) is 24.6. The molecule has 3 rings (SSSR count). The van der Waals surface area contributed by atoms with Crippen molar-refractivity contribution >= 4 is 15.9 Å². The minimum Gasteiger partial charge on any atom is -0.395 e. The van der Waals surface area contributed by atoms with E-state index in [9.17, 15) is 0 Å². The number of hydrogen-bond acceptors (Lipinski definition) is 3. The highest BCUT2D eigenvalue weighted by molar-refractivity contribution is 9.10. The van der Waals surface area contributed by atoms with E-state index in [1.807, 2.05) is 0 Å². The molecule has 0 radical (unpaired) electrons. The van der Waals surface area contributed by atoms with Gasteiger partial charge < -0.3 is 5.11 Å². The van der Waals surface area contributed by atoms with Crippen LogP contribution in [0.4, 0.5) is 0 Å². The maximum atomic E-state index is 8.99. The van der Waals surface area contributed by atoms with Crippen LogP contribution in [0.2, 0.25) is 0 Å². The molecule has 1 aromatic carbocycles. The molecule has 1 atom stereocenters. The van der Waals surface area contributed by atoms with Gasteiger partial charge in [0.2, 0.25) is 0 Å². The van der Waals surface area contributed by atoms with Crippen LogP contribution in [-0.2, 0) is 6.42 Å². The number of nitrogens with zero attached hydrogens (tertiary/aromatic N) is 2. The summed E-state index contributed by atoms with van der Waals surface area (Å²) in [6.07, 6.45) is 2.46. The van der Waals surface area contributed by atoms with Crippen LogP contribution in [0.5, 0.6) is 0 Å². The largest absolute Gasteiger partial charge is 0.395 e. The van der Waals surface area contributed by atoms with Crippen LogP contribution in [0.1, 0.15) is 23.6 Å². The van der Waals surface area contributed by atoms with Crippen LogP contribution < -0.4 is 0 Å². The number of β-amino-alcohol motifs (C(OH)–C–C–N with tert-alkyl or cyclic N) is 1. The summed E-state index contributed by atoms with van der Waals surface area (Å²) in [7, 11) is 0. The van der Waals surface area contributed by atoms with E-state index < -0.39 is 0 Å². The number of fused-ring (bicyclic) bond motifs is 1. The lowest BCUT2D eigenvalue weighted by atomic mass is 10.1. The summed E-state index contributed by atoms with van der Waals surface area (Å²) in [4.78, 5) is 4.97. The smallest absolute Gasteiger partial charge is 0.0558 e. The zero-order valence-corrected chi connectivity index (χ0v) is 12.8. The van der Waals surface area contributed by atoms with Gasteiger partial charge in [-0.05, 0) is 36.1 Å². The minimum atomic E-state index is 0.278. The number of benzene rings is 1. The molecule has 1 aliphatic carbocycles. The molecule has 0 aromatic heterocycles. The molecule has 1 fully saturated rings. The molecule has 104 valence electrons. The fourth-order valence-electron chi connectivity index (χ4n) is 3.38. The monoisotopic (exact) mass is 324 g/mol. The Morgan fingerprint density at radius 3 is 2.74 bits per heavy atom. The Morgan fingerprint density at radius 2 is 2.00 bits per heavy atom. The summed E-state index contributed by atoms with van der Waals surface area (Å²) >= 11 is 3.56. The number of aliphatic hydroxyl groups is 1. The molecule has 3 nitrogen and oxygen atoms in total. The van der Waals surface area contributed by atoms with Crippen molar-refractivity contribution in [1.29, 1.82) is 0 Å². The lowest BCUT2D eigenvalue weighted by molar-refractivity contribution is 0.0837. The Hall–Kier alpha value is -0.420. The Balaban J connectivity index is 1.66. The fourth-order valence-corrected chi connectivity index (χ4v) is 3.79. The highest BCUT2D eigenvalue weighted by Crippen LogP contribution is 2.37. The van der Waals surface area contributed by atoms with Gasteiger partial charge in [0, 0.05) is 43.2 Å². The Kier molecular flexibility index (Phi) is 4.22. The summed E-state index contributed by atoms with van der Waals surface area (Å²) in [6.45, 7) is 5.52. The van der Waals surface area contributed by atoms with Gasteiger partial charge in [0.1, 0.15) is 0 Å². The minimum absolute atomic E-state index is 0.278. The van der Waals surface area contributed by atoms with E-state index in [4.69, 9.17) is 5.11 Å². The molecule has 1 aromatic rings. The molecule has 1 N–H and O–H groups in total. The fraction of sp³-hybridized carbons (Fsp3) is 0.600. The van der Waals surface area contributed by atoms with E-state index in [0.29, 0.717) is 6.04 Å². The second kappa shape index (κ2) is 5.92. The molecule has 1 saturated heterocycles. The second-order valence-electron chi connectivity index (χ2n) is 5.50. The van der Waals surface area contributed by atoms with Crippen molar-refractivity contribution < 1.29 is 5.11 Å². The predicted molar refractivity (Wildman–Crippen MR) is 80.3 cm³/mol. The summed E-state index contributed by atoms with van der Waals surface area (Å²) in [5.74, 6) is 0. The second-order valence-corrected chi connectivity index (χ2v) is 6.41. The van der Waals surface area contributed by atoms with Crippen molar-refractivity contribution in [3.63, 3.8) is 0 Å². The molecule has 1 heterocycles. The highest BCUT2D eigenvalue weighted by Gasteiger charge is 2.29. The van der Waals surface area contributed by atoms with Crippen molar-refractivity contribution in [2.45, 2.75) is 18.9 Å². The third-order valence-electron chi connectivity index (χ3n) is 4.42. The topological polar surface area (TPSA) is 26.7 Å². The number of halogens is 1. The number of rotatable bonds is 3. The first-order chi connectivity index (χ1) is 9.28. The average molecular weight is 325 g/mol. The molecule has 0 spiro atoms. The Labute approximate surface area is 123 Å². The van der Waals surface area contributed by atoms with Gasteiger partial charge in [-0.15, -0.1) is 0 Å². The summed E-state index contributed by atoms with van der Waals surface area (Å²) in [5.41, 5.74) is 3.04. The van der Waals surface area contributed by atoms with Gasteiger partial charge in [-0.1, -0.05) is 22.0 Å². The van der Waals surface area contributed by atoms with Crippen LogP contribution in [-0.4, -0.2) is 54.2 Å². The van der Waals surface area contributed by atoms with Crippen molar-refractivity contribution in [2.75, 3.05) is 39.3 Å². The molecule has 0 saturated carbocycles. The molecule has 1 aliphatic heterocycles. The SMILES string of the molecule is OCCN1CCN([C@@H]2CCc3cc(Br)ccc32)CC1. The van der Waals surface area contributed by atoms with E-state index in [1.54, 1.807) is 0 Å². The molecule has 0 unspecified atom stereocenters. The summed E-state index contributed by atoms with van der Waals surface area (Å²) < 4.78 is 1.19. The van der Waals surface area contributed by atoms with E-state index in [1.165, 1.54) is 28.4 Å². The van der Waals surface area contributed by atoms with Gasteiger partial charge in [-0.2, -0.15) is 0 Å². The number of aryl methyl sites for hydroxylation is 1. The van der Waals surface area contributed by atoms with Gasteiger partial charge in [-0.3, -0.25) is 9.80 Å². The molecule has 19 heavy (non-hydrogen) atoms. The molecular weight excluding hydrogens is 304 g/mol. The molecule has 2 aliphatic rings. The molecule has 0 amide bonds. The number of hydrogen-bond donors (Lipinski definition) is 1. The van der Waals surface area contributed by atoms with Crippen LogP contribution >= 0.6 is 15.9 Å². The van der Waals surface area contributed by atoms with Crippen molar-refractivity contribution in [1.82, 2.24) is 9.80 Å². The third-order valence-corrected chi connectivity index (χ3v) is 4.91. The first-order valence-electron chi connectivity index (χ1n) is 7.13.